The van der Waals surface area contributed by atoms with Crippen LogP contribution in [0.5, 0.6) is 0 Å². The maximum absolute atomic E-state index is 12.9. The van der Waals surface area contributed by atoms with Crippen molar-refractivity contribution in [2.75, 3.05) is 58.4 Å². The molecular formula is C19H31N5O3S. The van der Waals surface area contributed by atoms with Crippen molar-refractivity contribution in [2.24, 2.45) is 11.8 Å². The lowest BCUT2D eigenvalue weighted by molar-refractivity contribution is 0.193. The number of rotatable bonds is 6. The van der Waals surface area contributed by atoms with Crippen molar-refractivity contribution < 1.29 is 13.2 Å². The summed E-state index contributed by atoms with van der Waals surface area (Å²) in [6, 6.07) is 2.06. The third kappa shape index (κ3) is 3.77. The third-order valence-electron chi connectivity index (χ3n) is 6.48. The van der Waals surface area contributed by atoms with Crippen LogP contribution in [-0.4, -0.2) is 86.6 Å². The van der Waals surface area contributed by atoms with E-state index in [1.807, 2.05) is 0 Å². The van der Waals surface area contributed by atoms with Gasteiger partial charge in [-0.25, -0.2) is 8.42 Å². The molecule has 3 aliphatic heterocycles. The van der Waals surface area contributed by atoms with Crippen LogP contribution in [0.1, 0.15) is 24.6 Å². The van der Waals surface area contributed by atoms with E-state index in [1.165, 1.54) is 0 Å². The summed E-state index contributed by atoms with van der Waals surface area (Å²) in [5, 5.41) is 8.45. The van der Waals surface area contributed by atoms with Crippen molar-refractivity contribution in [2.45, 2.75) is 31.6 Å². The maximum atomic E-state index is 12.9. The van der Waals surface area contributed by atoms with Crippen LogP contribution in [0.2, 0.25) is 0 Å². The zero-order valence-corrected chi connectivity index (χ0v) is 17.9. The van der Waals surface area contributed by atoms with Gasteiger partial charge in [0.05, 0.1) is 10.9 Å². The van der Waals surface area contributed by atoms with E-state index >= 15 is 0 Å². The number of anilines is 1. The minimum absolute atomic E-state index is 0.390. The highest BCUT2D eigenvalue weighted by Gasteiger charge is 2.39. The lowest BCUT2D eigenvalue weighted by atomic mass is 10.0. The van der Waals surface area contributed by atoms with Crippen molar-refractivity contribution >= 4 is 15.8 Å². The van der Waals surface area contributed by atoms with Crippen molar-refractivity contribution in [3.05, 3.63) is 17.3 Å². The fraction of sp³-hybridized carbons (Fsp3) is 0.789. The van der Waals surface area contributed by atoms with Gasteiger partial charge in [0, 0.05) is 59.4 Å². The molecule has 8 nitrogen and oxygen atoms in total. The smallest absolute Gasteiger partial charge is 0.217 e. The first kappa shape index (κ1) is 20.0. The van der Waals surface area contributed by atoms with Crippen LogP contribution in [0.3, 0.4) is 0 Å². The van der Waals surface area contributed by atoms with Crippen molar-refractivity contribution in [3.63, 3.8) is 0 Å². The molecule has 3 atom stereocenters. The van der Waals surface area contributed by atoms with Gasteiger partial charge in [-0.15, -0.1) is 5.10 Å². The Labute approximate surface area is 167 Å². The summed E-state index contributed by atoms with van der Waals surface area (Å²) in [5.74, 6) is 2.28. The summed E-state index contributed by atoms with van der Waals surface area (Å²) in [6.07, 6.45) is 1.13. The molecular weight excluding hydrogens is 378 g/mol. The summed E-state index contributed by atoms with van der Waals surface area (Å²) in [6.45, 7) is 7.39. The Morgan fingerprint density at radius 1 is 1.21 bits per heavy atom. The van der Waals surface area contributed by atoms with Crippen LogP contribution >= 0.6 is 0 Å². The molecule has 3 aliphatic rings. The number of sulfonamides is 1. The molecule has 0 aromatic carbocycles. The highest BCUT2D eigenvalue weighted by Crippen LogP contribution is 2.33. The summed E-state index contributed by atoms with van der Waals surface area (Å²) in [7, 11) is 0.442. The summed E-state index contributed by atoms with van der Waals surface area (Å²) in [4.78, 5) is 4.73. The second kappa shape index (κ2) is 7.85. The first-order valence-electron chi connectivity index (χ1n) is 10.2. The van der Waals surface area contributed by atoms with Crippen LogP contribution in [0.4, 0.5) is 5.82 Å². The van der Waals surface area contributed by atoms with Crippen LogP contribution in [0.15, 0.2) is 6.07 Å². The van der Waals surface area contributed by atoms with Gasteiger partial charge in [0.15, 0.2) is 5.82 Å². The molecule has 0 amide bonds. The monoisotopic (exact) mass is 409 g/mol. The van der Waals surface area contributed by atoms with Gasteiger partial charge in [0.25, 0.3) is 0 Å². The van der Waals surface area contributed by atoms with Gasteiger partial charge in [-0.2, -0.15) is 9.40 Å². The normalized spacial score (nSPS) is 27.0. The van der Waals surface area contributed by atoms with Crippen LogP contribution in [-0.2, 0) is 27.7 Å². The minimum atomic E-state index is -3.34. The number of nitrogens with zero attached hydrogens (tertiary/aromatic N) is 5. The molecule has 2 fully saturated rings. The van der Waals surface area contributed by atoms with E-state index in [-0.39, 0.29) is 0 Å². The van der Waals surface area contributed by atoms with E-state index in [0.29, 0.717) is 44.4 Å². The predicted molar refractivity (Wildman–Crippen MR) is 108 cm³/mol. The average Bonchev–Trinajstić information content (AvgIpc) is 3.22. The van der Waals surface area contributed by atoms with E-state index in [1.54, 1.807) is 18.3 Å². The fourth-order valence-corrected chi connectivity index (χ4v) is 6.33. The standard InChI is InChI=1S/C19H31N5O3S/c1-14(5-7-27-3)28(25,26)24-6-4-18-15(13-24)8-19(21-20-18)23-11-16-9-22(2)10-17(16)12-23/h8,14,16-17H,4-7,9-13H2,1-3H3/t14?,16-,17+. The highest BCUT2D eigenvalue weighted by molar-refractivity contribution is 7.89. The highest BCUT2D eigenvalue weighted by atomic mass is 32.2. The Morgan fingerprint density at radius 2 is 1.93 bits per heavy atom. The van der Waals surface area contributed by atoms with Crippen molar-refractivity contribution in [1.82, 2.24) is 19.4 Å². The quantitative estimate of drug-likeness (QED) is 0.680. The summed E-state index contributed by atoms with van der Waals surface area (Å²) in [5.41, 5.74) is 1.92. The third-order valence-corrected chi connectivity index (χ3v) is 8.77. The van der Waals surface area contributed by atoms with E-state index in [9.17, 15) is 8.42 Å². The topological polar surface area (TPSA) is 78.9 Å². The molecule has 1 aromatic heterocycles. The van der Waals surface area contributed by atoms with Gasteiger partial charge in [0.1, 0.15) is 0 Å². The molecule has 1 aromatic rings. The van der Waals surface area contributed by atoms with Gasteiger partial charge in [-0.1, -0.05) is 0 Å². The van der Waals surface area contributed by atoms with E-state index < -0.39 is 15.3 Å². The molecule has 0 N–H and O–H groups in total. The van der Waals surface area contributed by atoms with Crippen molar-refractivity contribution in [3.8, 4) is 0 Å². The zero-order valence-electron chi connectivity index (χ0n) is 17.0. The largest absolute Gasteiger partial charge is 0.385 e. The second-order valence-electron chi connectivity index (χ2n) is 8.54. The van der Waals surface area contributed by atoms with Gasteiger partial charge in [0.2, 0.25) is 10.0 Å². The molecule has 0 aliphatic carbocycles. The Hall–Kier alpha value is -1.29. The van der Waals surface area contributed by atoms with Gasteiger partial charge >= 0.3 is 0 Å². The summed E-state index contributed by atoms with van der Waals surface area (Å²) < 4.78 is 32.5. The first-order valence-corrected chi connectivity index (χ1v) is 11.7. The Morgan fingerprint density at radius 3 is 2.61 bits per heavy atom. The maximum Gasteiger partial charge on any atom is 0.217 e. The second-order valence-corrected chi connectivity index (χ2v) is 10.9. The number of likely N-dealkylation sites (tertiary alicyclic amines) is 1. The van der Waals surface area contributed by atoms with E-state index in [2.05, 4.69) is 33.1 Å². The molecule has 0 radical (unpaired) electrons. The number of fused-ring (bicyclic) bond motifs is 2. The lowest BCUT2D eigenvalue weighted by Crippen LogP contribution is -2.41. The lowest BCUT2D eigenvalue weighted by Gasteiger charge is -2.30. The molecule has 0 bridgehead atoms. The first-order chi connectivity index (χ1) is 13.4. The van der Waals surface area contributed by atoms with Crippen LogP contribution in [0.25, 0.3) is 0 Å². The van der Waals surface area contributed by atoms with Crippen LogP contribution < -0.4 is 4.90 Å². The van der Waals surface area contributed by atoms with E-state index in [4.69, 9.17) is 4.74 Å². The Bertz CT molecular complexity index is 804. The molecule has 9 heteroatoms. The molecule has 1 unspecified atom stereocenters. The number of methoxy groups -OCH3 is 1. The molecule has 156 valence electrons. The molecule has 4 heterocycles. The molecule has 28 heavy (non-hydrogen) atoms. The average molecular weight is 410 g/mol. The van der Waals surface area contributed by atoms with E-state index in [0.717, 1.165) is 43.3 Å². The zero-order chi connectivity index (χ0) is 19.9. The molecule has 2 saturated heterocycles. The van der Waals surface area contributed by atoms with Gasteiger partial charge in [-0.3, -0.25) is 0 Å². The molecule has 0 spiro atoms. The summed E-state index contributed by atoms with van der Waals surface area (Å²) >= 11 is 0. The Kier molecular flexibility index (Phi) is 5.61. The molecule has 4 rings (SSSR count). The van der Waals surface area contributed by atoms with Gasteiger partial charge in [-0.05, 0) is 43.9 Å². The molecule has 0 saturated carbocycles. The number of hydrogen-bond acceptors (Lipinski definition) is 7. The SMILES string of the molecule is COCCC(C)S(=O)(=O)N1CCc2nnc(N3C[C@H]4CN(C)C[C@H]4C3)cc2C1. The Balaban J connectivity index is 1.47. The van der Waals surface area contributed by atoms with Crippen LogP contribution in [0, 0.1) is 11.8 Å². The van der Waals surface area contributed by atoms with Crippen molar-refractivity contribution in [1.29, 1.82) is 0 Å². The fourth-order valence-electron chi connectivity index (χ4n) is 4.76. The number of hydrogen-bond donors (Lipinski definition) is 0. The van der Waals surface area contributed by atoms with Gasteiger partial charge < -0.3 is 14.5 Å². The predicted octanol–water partition coefficient (Wildman–Crippen LogP) is 0.587. The minimum Gasteiger partial charge on any atom is -0.385 e. The number of aromatic nitrogens is 2. The number of ether oxygens (including phenoxy) is 1.